The zero-order valence-electron chi connectivity index (χ0n) is 47.8. The monoisotopic (exact) mass is 1140 g/mol. The fourth-order valence-corrected chi connectivity index (χ4v) is 11.5. The first-order chi connectivity index (χ1) is 40.5. The minimum Gasteiger partial charge on any atom is -0.343 e. The number of hydrogen-bond donors (Lipinski definition) is 6. The lowest BCUT2D eigenvalue weighted by Crippen LogP contribution is -2.61. The number of nitrogens with one attached hydrogen (secondary N) is 6. The molecule has 84 heavy (non-hydrogen) atoms. The number of carbonyl (C=O) groups is 9. The summed E-state index contributed by atoms with van der Waals surface area (Å²) in [5, 5.41) is 26.0. The molecule has 21 nitrogen and oxygen atoms in total. The number of hydrogen-bond acceptors (Lipinski definition) is 11. The lowest BCUT2D eigenvalue weighted by Gasteiger charge is -2.34. The Bertz CT molecular complexity index is 3210. The third kappa shape index (κ3) is 14.2. The lowest BCUT2D eigenvalue weighted by molar-refractivity contribution is -0.148. The van der Waals surface area contributed by atoms with Crippen LogP contribution in [0.4, 0.5) is 0 Å². The maximum absolute atomic E-state index is 15.2. The molecule has 0 unspecified atom stereocenters. The van der Waals surface area contributed by atoms with Gasteiger partial charge < -0.3 is 46.6 Å². The second-order valence-electron chi connectivity index (χ2n) is 22.4. The normalized spacial score (nSPS) is 25.5. The Morgan fingerprint density at radius 1 is 0.476 bits per heavy atom. The molecule has 21 heteroatoms. The van der Waals surface area contributed by atoms with Crippen LogP contribution in [-0.2, 0) is 68.8 Å². The van der Waals surface area contributed by atoms with E-state index in [-0.39, 0.29) is 51.1 Å². The SMILES string of the molecule is CC(C)[C@@H]1NC(=O)[C@H](Cc2ccccc2)NC(=O)[C@H](Cc2ccccc2)NC(=O)[C@H](C)n2cnnc2C2=CCCN2C(=O)[C@H](Cc2ccccc2)NC(=O)[C@H](Cc2ccccc2)NC(=O)[C@H](C)NC(=O)[C@@H]2CCCN2C(=O)[C@@H]2CCCN2C1=O. The van der Waals surface area contributed by atoms with Gasteiger partial charge in [0.1, 0.15) is 60.7 Å². The molecule has 2 fully saturated rings. The van der Waals surface area contributed by atoms with Crippen molar-refractivity contribution in [3.63, 3.8) is 0 Å². The summed E-state index contributed by atoms with van der Waals surface area (Å²) in [6.07, 6.45) is 5.23. The van der Waals surface area contributed by atoms with Gasteiger partial charge in [0.2, 0.25) is 53.2 Å². The zero-order chi connectivity index (χ0) is 59.4. The number of amides is 9. The summed E-state index contributed by atoms with van der Waals surface area (Å²) in [5.41, 5.74) is 3.19. The fourth-order valence-electron chi connectivity index (χ4n) is 11.5. The molecule has 0 aliphatic carbocycles. The number of fused-ring (bicyclic) bond motifs is 5. The standard InChI is InChI=1S/C63H74N12O9/c1-39(2)53-63(84)74-33-19-30-52(74)62(83)73-32-18-29-51(73)60(81)65-40(3)55(76)66-46(34-42-20-9-5-10-21-42)58(79)69-49(37-45-26-15-8-16-27-45)61(82)72-31-17-28-50(72)54-71-64-38-75(54)41(4)56(77)67-47(35-43-22-11-6-12-23-43)57(78)68-48(59(80)70-53)36-44-24-13-7-14-25-44/h5-16,20-28,38-41,46-49,51-53H,17-19,29-37H2,1-4H3,(H,65,81)(H,66,76)(H,67,77)(H,68,78)(H,69,79)(H,70,80)/t40-,41-,46-,47-,48-,49-,51-,52-,53-/m0/s1. The van der Waals surface area contributed by atoms with Crippen molar-refractivity contribution in [2.45, 2.75) is 140 Å². The van der Waals surface area contributed by atoms with Gasteiger partial charge in [-0.2, -0.15) is 0 Å². The Hall–Kier alpha value is -9.01. The number of aromatic nitrogens is 3. The van der Waals surface area contributed by atoms with Gasteiger partial charge in [-0.1, -0.05) is 141 Å². The topological polar surface area (TPSA) is 266 Å². The first-order valence-electron chi connectivity index (χ1n) is 29.0. The van der Waals surface area contributed by atoms with Crippen molar-refractivity contribution >= 4 is 58.9 Å². The zero-order valence-corrected chi connectivity index (χ0v) is 47.8. The summed E-state index contributed by atoms with van der Waals surface area (Å²) >= 11 is 0. The lowest BCUT2D eigenvalue weighted by atomic mass is 9.99. The molecule has 2 saturated heterocycles. The molecule has 0 radical (unpaired) electrons. The number of benzene rings is 4. The van der Waals surface area contributed by atoms with Crippen LogP contribution in [0, 0.1) is 5.92 Å². The van der Waals surface area contributed by atoms with E-state index in [2.05, 4.69) is 42.1 Å². The highest BCUT2D eigenvalue weighted by Crippen LogP contribution is 2.29. The molecule has 5 aromatic rings. The molecule has 5 heterocycles. The van der Waals surface area contributed by atoms with Gasteiger partial charge in [0.05, 0.1) is 5.70 Å². The second-order valence-corrected chi connectivity index (χ2v) is 22.4. The summed E-state index contributed by atoms with van der Waals surface area (Å²) in [6.45, 7) is 7.26. The molecule has 9 amide bonds. The van der Waals surface area contributed by atoms with Gasteiger partial charge >= 0.3 is 0 Å². The van der Waals surface area contributed by atoms with Gasteiger partial charge in [0.25, 0.3) is 0 Å². The molecule has 0 spiro atoms. The summed E-state index contributed by atoms with van der Waals surface area (Å²) in [5.74, 6) is -5.63. The van der Waals surface area contributed by atoms with Crippen LogP contribution < -0.4 is 31.9 Å². The molecule has 9 atom stereocenters. The van der Waals surface area contributed by atoms with Crippen LogP contribution in [0.25, 0.3) is 5.70 Å². The summed E-state index contributed by atoms with van der Waals surface area (Å²) in [6, 6.07) is 26.1. The predicted octanol–water partition coefficient (Wildman–Crippen LogP) is 2.96. The Kier molecular flexibility index (Phi) is 19.4. The van der Waals surface area contributed by atoms with Crippen LogP contribution in [0.3, 0.4) is 0 Å². The van der Waals surface area contributed by atoms with E-state index < -0.39 is 113 Å². The molecule has 4 aliphatic heterocycles. The van der Waals surface area contributed by atoms with E-state index in [1.54, 1.807) is 51.1 Å². The third-order valence-corrected chi connectivity index (χ3v) is 16.1. The largest absolute Gasteiger partial charge is 0.343 e. The predicted molar refractivity (Wildman–Crippen MR) is 311 cm³/mol. The number of rotatable bonds is 9. The fraction of sp³-hybridized carbons (Fsp3) is 0.413. The molecule has 9 rings (SSSR count). The highest BCUT2D eigenvalue weighted by atomic mass is 16.2. The Balaban J connectivity index is 1.08. The summed E-state index contributed by atoms with van der Waals surface area (Å²) in [4.78, 5) is 137. The van der Waals surface area contributed by atoms with E-state index >= 15 is 4.79 Å². The molecule has 6 N–H and O–H groups in total. The molecule has 440 valence electrons. The van der Waals surface area contributed by atoms with Crippen LogP contribution in [0.1, 0.15) is 93.9 Å². The first-order valence-corrected chi connectivity index (χ1v) is 29.0. The van der Waals surface area contributed by atoms with E-state index in [1.807, 2.05) is 97.1 Å². The molecule has 4 aromatic carbocycles. The quantitative estimate of drug-likeness (QED) is 0.125. The maximum Gasteiger partial charge on any atom is 0.250 e. The maximum atomic E-state index is 15.2. The van der Waals surface area contributed by atoms with Gasteiger partial charge in [-0.25, -0.2) is 0 Å². The third-order valence-electron chi connectivity index (χ3n) is 16.1. The van der Waals surface area contributed by atoms with E-state index in [0.717, 1.165) is 5.56 Å². The molecular formula is C63H74N12O9. The van der Waals surface area contributed by atoms with Crippen LogP contribution in [0.15, 0.2) is 134 Å². The van der Waals surface area contributed by atoms with E-state index in [4.69, 9.17) is 0 Å². The Morgan fingerprint density at radius 3 is 1.43 bits per heavy atom. The highest BCUT2D eigenvalue weighted by molar-refractivity contribution is 5.99. The van der Waals surface area contributed by atoms with Crippen molar-refractivity contribution in [3.8, 4) is 0 Å². The molecule has 0 bridgehead atoms. The van der Waals surface area contributed by atoms with Crippen molar-refractivity contribution in [3.05, 3.63) is 162 Å². The number of carbonyl (C=O) groups excluding carboxylic acids is 9. The van der Waals surface area contributed by atoms with Gasteiger partial charge in [0.15, 0.2) is 5.82 Å². The van der Waals surface area contributed by atoms with Crippen LogP contribution in [0.5, 0.6) is 0 Å². The van der Waals surface area contributed by atoms with Crippen molar-refractivity contribution < 1.29 is 43.2 Å². The van der Waals surface area contributed by atoms with Crippen molar-refractivity contribution in [1.29, 1.82) is 0 Å². The van der Waals surface area contributed by atoms with Crippen LogP contribution in [-0.4, -0.2) is 151 Å². The molecule has 0 saturated carbocycles. The Morgan fingerprint density at radius 2 is 0.917 bits per heavy atom. The van der Waals surface area contributed by atoms with Gasteiger partial charge in [-0.05, 0) is 74.1 Å². The van der Waals surface area contributed by atoms with Crippen LogP contribution in [0.2, 0.25) is 0 Å². The summed E-state index contributed by atoms with van der Waals surface area (Å²) < 4.78 is 1.50. The average Bonchev–Trinajstić information content (AvgIpc) is 4.51. The van der Waals surface area contributed by atoms with Gasteiger partial charge in [0, 0.05) is 45.3 Å². The highest BCUT2D eigenvalue weighted by Gasteiger charge is 2.45. The molecular weight excluding hydrogens is 1070 g/mol. The van der Waals surface area contributed by atoms with Crippen LogP contribution >= 0.6 is 0 Å². The molecule has 4 aliphatic rings. The Labute approximate surface area is 488 Å². The summed E-state index contributed by atoms with van der Waals surface area (Å²) in [7, 11) is 0. The van der Waals surface area contributed by atoms with Crippen molar-refractivity contribution in [1.82, 2.24) is 61.4 Å². The van der Waals surface area contributed by atoms with E-state index in [1.165, 1.54) is 32.5 Å². The minimum atomic E-state index is -1.25. The van der Waals surface area contributed by atoms with E-state index in [0.29, 0.717) is 54.5 Å². The first kappa shape index (κ1) is 59.6. The second kappa shape index (κ2) is 27.4. The minimum absolute atomic E-state index is 0.0158. The van der Waals surface area contributed by atoms with Crippen molar-refractivity contribution in [2.24, 2.45) is 5.92 Å². The molecule has 1 aromatic heterocycles. The van der Waals surface area contributed by atoms with Gasteiger partial charge in [-0.15, -0.1) is 10.2 Å². The average molecular weight is 1140 g/mol. The van der Waals surface area contributed by atoms with E-state index in [9.17, 15) is 38.4 Å². The number of nitrogens with zero attached hydrogens (tertiary/aromatic N) is 6. The smallest absolute Gasteiger partial charge is 0.250 e. The van der Waals surface area contributed by atoms with Gasteiger partial charge in [-0.3, -0.25) is 47.7 Å². The van der Waals surface area contributed by atoms with Crippen molar-refractivity contribution in [2.75, 3.05) is 19.6 Å².